The van der Waals surface area contributed by atoms with Crippen LogP contribution in [0.15, 0.2) is 48.5 Å². The van der Waals surface area contributed by atoms with Gasteiger partial charge in [0.25, 0.3) is 0 Å². The van der Waals surface area contributed by atoms with Crippen molar-refractivity contribution in [3.63, 3.8) is 0 Å². The van der Waals surface area contributed by atoms with Crippen molar-refractivity contribution in [3.8, 4) is 0 Å². The lowest BCUT2D eigenvalue weighted by Gasteiger charge is -2.21. The van der Waals surface area contributed by atoms with Crippen LogP contribution in [0.3, 0.4) is 0 Å². The summed E-state index contributed by atoms with van der Waals surface area (Å²) in [6, 6.07) is 17.7. The summed E-state index contributed by atoms with van der Waals surface area (Å²) in [4.78, 5) is 0. The Bertz CT molecular complexity index is 562. The molecule has 112 valence electrons. The quantitative estimate of drug-likeness (QED) is 0.775. The molecule has 2 atom stereocenters. The average Bonchev–Trinajstić information content (AvgIpc) is 2.49. The molecular formula is C19H24ClN. The highest BCUT2D eigenvalue weighted by atomic mass is 35.5. The van der Waals surface area contributed by atoms with E-state index < -0.39 is 0 Å². The Labute approximate surface area is 133 Å². The van der Waals surface area contributed by atoms with Crippen LogP contribution in [0.1, 0.15) is 43.5 Å². The van der Waals surface area contributed by atoms with E-state index in [1.807, 2.05) is 18.2 Å². The summed E-state index contributed by atoms with van der Waals surface area (Å²) in [6.45, 7) is 6.60. The van der Waals surface area contributed by atoms with Crippen LogP contribution < -0.4 is 5.32 Å². The molecule has 1 N–H and O–H groups in total. The van der Waals surface area contributed by atoms with Crippen molar-refractivity contribution in [1.82, 2.24) is 5.32 Å². The first-order chi connectivity index (χ1) is 10.1. The monoisotopic (exact) mass is 301 g/mol. The fourth-order valence-corrected chi connectivity index (χ4v) is 2.83. The molecule has 21 heavy (non-hydrogen) atoms. The minimum Gasteiger partial charge on any atom is -0.307 e. The van der Waals surface area contributed by atoms with Gasteiger partial charge < -0.3 is 5.32 Å². The number of rotatable bonds is 6. The van der Waals surface area contributed by atoms with E-state index in [1.165, 1.54) is 16.7 Å². The van der Waals surface area contributed by atoms with Crippen LogP contribution in [0, 0.1) is 0 Å². The Balaban J connectivity index is 1.95. The van der Waals surface area contributed by atoms with Crippen LogP contribution in [0.25, 0.3) is 0 Å². The van der Waals surface area contributed by atoms with Crippen molar-refractivity contribution >= 4 is 11.6 Å². The van der Waals surface area contributed by atoms with E-state index in [-0.39, 0.29) is 0 Å². The lowest BCUT2D eigenvalue weighted by molar-refractivity contribution is 0.477. The summed E-state index contributed by atoms with van der Waals surface area (Å²) in [5.41, 5.74) is 3.92. The molecule has 2 rings (SSSR count). The summed E-state index contributed by atoms with van der Waals surface area (Å²) < 4.78 is 0. The fourth-order valence-electron chi connectivity index (χ4n) is 2.62. The Hall–Kier alpha value is -1.31. The van der Waals surface area contributed by atoms with Crippen LogP contribution in [0.5, 0.6) is 0 Å². The van der Waals surface area contributed by atoms with Gasteiger partial charge in [0, 0.05) is 17.1 Å². The molecule has 0 fully saturated rings. The van der Waals surface area contributed by atoms with Gasteiger partial charge >= 0.3 is 0 Å². The molecule has 2 unspecified atom stereocenters. The predicted octanol–water partition coefficient (Wildman–Crippen LogP) is 5.18. The largest absolute Gasteiger partial charge is 0.307 e. The summed E-state index contributed by atoms with van der Waals surface area (Å²) in [5.74, 6) is 0. The molecule has 0 saturated heterocycles. The standard InChI is InChI=1S/C19H24ClN/c1-4-16-9-11-17(12-10-16)15(3)21-14(2)13-18-7-5-6-8-19(18)20/h5-12,14-15,21H,4,13H2,1-3H3. The molecule has 0 amide bonds. The molecule has 1 nitrogen and oxygen atoms in total. The van der Waals surface area contributed by atoms with Gasteiger partial charge in [0.1, 0.15) is 0 Å². The van der Waals surface area contributed by atoms with E-state index >= 15 is 0 Å². The van der Waals surface area contributed by atoms with Gasteiger partial charge in [-0.15, -0.1) is 0 Å². The van der Waals surface area contributed by atoms with Gasteiger partial charge in [0.2, 0.25) is 0 Å². The summed E-state index contributed by atoms with van der Waals surface area (Å²) >= 11 is 6.23. The Morgan fingerprint density at radius 2 is 1.67 bits per heavy atom. The average molecular weight is 302 g/mol. The van der Waals surface area contributed by atoms with Gasteiger partial charge in [0.05, 0.1) is 0 Å². The normalized spacial score (nSPS) is 13.9. The number of hydrogen-bond donors (Lipinski definition) is 1. The lowest BCUT2D eigenvalue weighted by atomic mass is 10.0. The van der Waals surface area contributed by atoms with Gasteiger partial charge in [-0.1, -0.05) is 61.0 Å². The maximum absolute atomic E-state index is 6.23. The molecule has 0 bridgehead atoms. The molecule has 0 aliphatic carbocycles. The summed E-state index contributed by atoms with van der Waals surface area (Å²) in [6.07, 6.45) is 2.03. The first-order valence-corrected chi connectivity index (χ1v) is 8.06. The maximum Gasteiger partial charge on any atom is 0.0438 e. The molecule has 0 aliphatic heterocycles. The van der Waals surface area contributed by atoms with Gasteiger partial charge in [-0.05, 0) is 49.4 Å². The topological polar surface area (TPSA) is 12.0 Å². The second-order valence-corrected chi connectivity index (χ2v) is 6.09. The number of hydrogen-bond acceptors (Lipinski definition) is 1. The second kappa shape index (κ2) is 7.63. The van der Waals surface area contributed by atoms with Crippen molar-refractivity contribution in [2.75, 3.05) is 0 Å². The molecule has 0 aliphatic rings. The number of nitrogens with one attached hydrogen (secondary N) is 1. The van der Waals surface area contributed by atoms with Crippen molar-refractivity contribution < 1.29 is 0 Å². The van der Waals surface area contributed by atoms with Gasteiger partial charge in [-0.3, -0.25) is 0 Å². The molecule has 0 aromatic heterocycles. The van der Waals surface area contributed by atoms with E-state index in [4.69, 9.17) is 11.6 Å². The highest BCUT2D eigenvalue weighted by Crippen LogP contribution is 2.19. The smallest absolute Gasteiger partial charge is 0.0438 e. The SMILES string of the molecule is CCc1ccc(C(C)NC(C)Cc2ccccc2Cl)cc1. The van der Waals surface area contributed by atoms with E-state index in [9.17, 15) is 0 Å². The summed E-state index contributed by atoms with van der Waals surface area (Å²) in [7, 11) is 0. The third kappa shape index (κ3) is 4.59. The van der Waals surface area contributed by atoms with Crippen LogP contribution >= 0.6 is 11.6 Å². The van der Waals surface area contributed by atoms with Crippen LogP contribution in [-0.4, -0.2) is 6.04 Å². The minimum atomic E-state index is 0.341. The molecular weight excluding hydrogens is 278 g/mol. The first-order valence-electron chi connectivity index (χ1n) is 7.68. The number of benzene rings is 2. The Kier molecular flexibility index (Phi) is 5.84. The highest BCUT2D eigenvalue weighted by Gasteiger charge is 2.11. The zero-order chi connectivity index (χ0) is 15.2. The predicted molar refractivity (Wildman–Crippen MR) is 92.0 cm³/mol. The third-order valence-corrected chi connectivity index (χ3v) is 4.28. The van der Waals surface area contributed by atoms with Crippen LogP contribution in [0.2, 0.25) is 5.02 Å². The number of aryl methyl sites for hydroxylation is 1. The molecule has 2 aromatic carbocycles. The molecule has 0 heterocycles. The molecule has 0 radical (unpaired) electrons. The minimum absolute atomic E-state index is 0.341. The van der Waals surface area contributed by atoms with Gasteiger partial charge in [0.15, 0.2) is 0 Å². The maximum atomic E-state index is 6.23. The van der Waals surface area contributed by atoms with E-state index in [1.54, 1.807) is 0 Å². The highest BCUT2D eigenvalue weighted by molar-refractivity contribution is 6.31. The first kappa shape index (κ1) is 16.1. The summed E-state index contributed by atoms with van der Waals surface area (Å²) in [5, 5.41) is 4.50. The zero-order valence-electron chi connectivity index (χ0n) is 13.1. The van der Waals surface area contributed by atoms with Crippen molar-refractivity contribution in [2.45, 2.75) is 45.7 Å². The van der Waals surface area contributed by atoms with Crippen LogP contribution in [0.4, 0.5) is 0 Å². The van der Waals surface area contributed by atoms with E-state index in [2.05, 4.69) is 56.4 Å². The van der Waals surface area contributed by atoms with E-state index in [0.29, 0.717) is 12.1 Å². The molecule has 0 spiro atoms. The fraction of sp³-hybridized carbons (Fsp3) is 0.368. The number of halogens is 1. The lowest BCUT2D eigenvalue weighted by Crippen LogP contribution is -2.30. The van der Waals surface area contributed by atoms with Crippen molar-refractivity contribution in [3.05, 3.63) is 70.2 Å². The molecule has 0 saturated carbocycles. The molecule has 2 heteroatoms. The molecule has 2 aromatic rings. The Morgan fingerprint density at radius 3 is 2.29 bits per heavy atom. The van der Waals surface area contributed by atoms with Gasteiger partial charge in [-0.25, -0.2) is 0 Å². The van der Waals surface area contributed by atoms with E-state index in [0.717, 1.165) is 17.9 Å². The van der Waals surface area contributed by atoms with Gasteiger partial charge in [-0.2, -0.15) is 0 Å². The second-order valence-electron chi connectivity index (χ2n) is 5.68. The Morgan fingerprint density at radius 1 is 1.00 bits per heavy atom. The van der Waals surface area contributed by atoms with Crippen molar-refractivity contribution in [2.24, 2.45) is 0 Å². The van der Waals surface area contributed by atoms with Crippen LogP contribution in [-0.2, 0) is 12.8 Å². The third-order valence-electron chi connectivity index (χ3n) is 3.91. The zero-order valence-corrected chi connectivity index (χ0v) is 13.8. The van der Waals surface area contributed by atoms with Crippen molar-refractivity contribution in [1.29, 1.82) is 0 Å².